The third-order valence-corrected chi connectivity index (χ3v) is 3.72. The summed E-state index contributed by atoms with van der Waals surface area (Å²) in [4.78, 5) is 16.1. The van der Waals surface area contributed by atoms with E-state index in [0.717, 1.165) is 50.7 Å². The molecular formula is C15H22ClN3O. The van der Waals surface area contributed by atoms with E-state index in [-0.39, 0.29) is 6.03 Å². The Morgan fingerprint density at radius 2 is 2.05 bits per heavy atom. The van der Waals surface area contributed by atoms with E-state index in [9.17, 15) is 4.79 Å². The standard InChI is InChI=1S/C15H22ClN3O/c1-2-6-17-15(20)19-9-7-18(8-10-19)12-13-4-3-5-14(16)11-13/h3-5,11H,2,6-10,12H2,1H3,(H,17,20). The van der Waals surface area contributed by atoms with Crippen molar-refractivity contribution in [2.45, 2.75) is 19.9 Å². The van der Waals surface area contributed by atoms with E-state index < -0.39 is 0 Å². The number of hydrogen-bond acceptors (Lipinski definition) is 2. The summed E-state index contributed by atoms with van der Waals surface area (Å²) in [5.41, 5.74) is 1.22. The molecule has 0 saturated carbocycles. The van der Waals surface area contributed by atoms with Gasteiger partial charge in [0.25, 0.3) is 0 Å². The van der Waals surface area contributed by atoms with Crippen LogP contribution < -0.4 is 5.32 Å². The number of amides is 2. The molecule has 2 rings (SSSR count). The molecule has 0 aromatic heterocycles. The Kier molecular flexibility index (Phi) is 5.68. The van der Waals surface area contributed by atoms with Crippen LogP contribution >= 0.6 is 11.6 Å². The van der Waals surface area contributed by atoms with Crippen LogP contribution in [0.25, 0.3) is 0 Å². The molecule has 0 radical (unpaired) electrons. The molecule has 1 aromatic carbocycles. The maximum Gasteiger partial charge on any atom is 0.317 e. The van der Waals surface area contributed by atoms with Gasteiger partial charge in [0, 0.05) is 44.3 Å². The zero-order chi connectivity index (χ0) is 14.4. The van der Waals surface area contributed by atoms with Gasteiger partial charge in [0.05, 0.1) is 0 Å². The number of rotatable bonds is 4. The summed E-state index contributed by atoms with van der Waals surface area (Å²) in [5.74, 6) is 0. The van der Waals surface area contributed by atoms with Crippen LogP contribution in [0.4, 0.5) is 4.79 Å². The van der Waals surface area contributed by atoms with E-state index in [4.69, 9.17) is 11.6 Å². The topological polar surface area (TPSA) is 35.6 Å². The number of piperazine rings is 1. The highest BCUT2D eigenvalue weighted by molar-refractivity contribution is 6.30. The van der Waals surface area contributed by atoms with Crippen LogP contribution in [0.1, 0.15) is 18.9 Å². The highest BCUT2D eigenvalue weighted by atomic mass is 35.5. The summed E-state index contributed by atoms with van der Waals surface area (Å²) in [6, 6.07) is 8.02. The van der Waals surface area contributed by atoms with Gasteiger partial charge in [-0.15, -0.1) is 0 Å². The molecule has 20 heavy (non-hydrogen) atoms. The van der Waals surface area contributed by atoms with Crippen molar-refractivity contribution in [3.63, 3.8) is 0 Å². The van der Waals surface area contributed by atoms with E-state index in [0.29, 0.717) is 0 Å². The Morgan fingerprint density at radius 1 is 1.30 bits per heavy atom. The lowest BCUT2D eigenvalue weighted by molar-refractivity contribution is 0.135. The summed E-state index contributed by atoms with van der Waals surface area (Å²) >= 11 is 6.00. The first-order valence-electron chi connectivity index (χ1n) is 7.18. The lowest BCUT2D eigenvalue weighted by atomic mass is 10.2. The van der Waals surface area contributed by atoms with Gasteiger partial charge >= 0.3 is 6.03 Å². The molecule has 1 fully saturated rings. The number of hydrogen-bond donors (Lipinski definition) is 1. The van der Waals surface area contributed by atoms with Gasteiger partial charge in [-0.1, -0.05) is 30.7 Å². The van der Waals surface area contributed by atoms with E-state index in [1.165, 1.54) is 5.56 Å². The number of halogens is 1. The maximum absolute atomic E-state index is 11.8. The lowest BCUT2D eigenvalue weighted by Crippen LogP contribution is -2.51. The van der Waals surface area contributed by atoms with Gasteiger partial charge in [-0.2, -0.15) is 0 Å². The Morgan fingerprint density at radius 3 is 2.70 bits per heavy atom. The Bertz CT molecular complexity index is 444. The van der Waals surface area contributed by atoms with Gasteiger partial charge in [-0.25, -0.2) is 4.79 Å². The Balaban J connectivity index is 1.78. The smallest absolute Gasteiger partial charge is 0.317 e. The highest BCUT2D eigenvalue weighted by Crippen LogP contribution is 2.13. The molecule has 5 heteroatoms. The molecule has 0 bridgehead atoms. The van der Waals surface area contributed by atoms with E-state index in [1.54, 1.807) is 0 Å². The molecule has 1 heterocycles. The van der Waals surface area contributed by atoms with E-state index in [1.807, 2.05) is 23.1 Å². The Hall–Kier alpha value is -1.26. The fourth-order valence-corrected chi connectivity index (χ4v) is 2.56. The fraction of sp³-hybridized carbons (Fsp3) is 0.533. The number of nitrogens with zero attached hydrogens (tertiary/aromatic N) is 2. The highest BCUT2D eigenvalue weighted by Gasteiger charge is 2.20. The first kappa shape index (κ1) is 15.1. The number of nitrogens with one attached hydrogen (secondary N) is 1. The second kappa shape index (κ2) is 7.50. The number of urea groups is 1. The van der Waals surface area contributed by atoms with Crippen molar-refractivity contribution < 1.29 is 4.79 Å². The van der Waals surface area contributed by atoms with Crippen molar-refractivity contribution in [3.8, 4) is 0 Å². The van der Waals surface area contributed by atoms with Gasteiger partial charge in [0.15, 0.2) is 0 Å². The van der Waals surface area contributed by atoms with Crippen LogP contribution in [0.2, 0.25) is 5.02 Å². The zero-order valence-corrected chi connectivity index (χ0v) is 12.7. The molecule has 2 amide bonds. The van der Waals surface area contributed by atoms with Crippen LogP contribution in [-0.2, 0) is 6.54 Å². The molecule has 0 atom stereocenters. The molecule has 1 aliphatic rings. The SMILES string of the molecule is CCCNC(=O)N1CCN(Cc2cccc(Cl)c2)CC1. The molecule has 0 unspecified atom stereocenters. The van der Waals surface area contributed by atoms with Crippen molar-refractivity contribution in [1.29, 1.82) is 0 Å². The van der Waals surface area contributed by atoms with Gasteiger partial charge in [-0.05, 0) is 24.1 Å². The van der Waals surface area contributed by atoms with Crippen LogP contribution in [-0.4, -0.2) is 48.6 Å². The van der Waals surface area contributed by atoms with Crippen LogP contribution in [0.15, 0.2) is 24.3 Å². The summed E-state index contributed by atoms with van der Waals surface area (Å²) in [6.07, 6.45) is 0.973. The van der Waals surface area contributed by atoms with Crippen molar-refractivity contribution in [2.24, 2.45) is 0 Å². The molecule has 0 aliphatic carbocycles. The second-order valence-corrected chi connectivity index (χ2v) is 5.56. The van der Waals surface area contributed by atoms with Crippen molar-refractivity contribution in [1.82, 2.24) is 15.1 Å². The monoisotopic (exact) mass is 295 g/mol. The maximum atomic E-state index is 11.8. The second-order valence-electron chi connectivity index (χ2n) is 5.13. The quantitative estimate of drug-likeness (QED) is 0.927. The molecule has 1 saturated heterocycles. The first-order chi connectivity index (χ1) is 9.69. The third kappa shape index (κ3) is 4.39. The third-order valence-electron chi connectivity index (χ3n) is 3.48. The van der Waals surface area contributed by atoms with Crippen LogP contribution in [0.3, 0.4) is 0 Å². The summed E-state index contributed by atoms with van der Waals surface area (Å²) in [7, 11) is 0. The molecule has 1 aliphatic heterocycles. The largest absolute Gasteiger partial charge is 0.338 e. The molecule has 4 nitrogen and oxygen atoms in total. The summed E-state index contributed by atoms with van der Waals surface area (Å²) in [6.45, 7) is 7.10. The molecule has 0 spiro atoms. The van der Waals surface area contributed by atoms with Crippen molar-refractivity contribution >= 4 is 17.6 Å². The lowest BCUT2D eigenvalue weighted by Gasteiger charge is -2.34. The average Bonchev–Trinajstić information content (AvgIpc) is 2.45. The molecular weight excluding hydrogens is 274 g/mol. The Labute approximate surface area is 125 Å². The van der Waals surface area contributed by atoms with E-state index >= 15 is 0 Å². The minimum atomic E-state index is 0.0641. The van der Waals surface area contributed by atoms with Gasteiger partial charge < -0.3 is 10.2 Å². The minimum absolute atomic E-state index is 0.0641. The van der Waals surface area contributed by atoms with Crippen molar-refractivity contribution in [2.75, 3.05) is 32.7 Å². The van der Waals surface area contributed by atoms with E-state index in [2.05, 4.69) is 23.2 Å². The molecule has 1 aromatic rings. The number of carbonyl (C=O) groups is 1. The summed E-state index contributed by atoms with van der Waals surface area (Å²) < 4.78 is 0. The van der Waals surface area contributed by atoms with Crippen molar-refractivity contribution in [3.05, 3.63) is 34.9 Å². The van der Waals surface area contributed by atoms with Crippen LogP contribution in [0.5, 0.6) is 0 Å². The number of benzene rings is 1. The predicted octanol–water partition coefficient (Wildman–Crippen LogP) is 2.58. The normalized spacial score (nSPS) is 16.2. The van der Waals surface area contributed by atoms with Crippen LogP contribution in [0, 0.1) is 0 Å². The average molecular weight is 296 g/mol. The predicted molar refractivity (Wildman–Crippen MR) is 82.0 cm³/mol. The number of carbonyl (C=O) groups excluding carboxylic acids is 1. The molecule has 110 valence electrons. The van der Waals surface area contributed by atoms with Gasteiger partial charge in [0.2, 0.25) is 0 Å². The van der Waals surface area contributed by atoms with Gasteiger partial charge in [0.1, 0.15) is 0 Å². The van der Waals surface area contributed by atoms with Gasteiger partial charge in [-0.3, -0.25) is 4.90 Å². The fourth-order valence-electron chi connectivity index (χ4n) is 2.35. The molecule has 1 N–H and O–H groups in total. The minimum Gasteiger partial charge on any atom is -0.338 e. The summed E-state index contributed by atoms with van der Waals surface area (Å²) in [5, 5.41) is 3.70. The zero-order valence-electron chi connectivity index (χ0n) is 11.9. The first-order valence-corrected chi connectivity index (χ1v) is 7.56.